The molecule has 0 unspecified atom stereocenters. The Morgan fingerprint density at radius 1 is 1.18 bits per heavy atom. The third-order valence-corrected chi connectivity index (χ3v) is 7.73. The summed E-state index contributed by atoms with van der Waals surface area (Å²) < 4.78 is 7.78. The topological polar surface area (TPSA) is 27.1 Å². The molecular weight excluding hydrogens is 312 g/mol. The summed E-state index contributed by atoms with van der Waals surface area (Å²) in [4.78, 5) is 4.14. The van der Waals surface area contributed by atoms with Crippen molar-refractivity contribution in [3.05, 3.63) is 48.5 Å². The first-order chi connectivity index (χ1) is 10.8. The van der Waals surface area contributed by atoms with Crippen LogP contribution in [0, 0.1) is 0 Å². The molecule has 3 nitrogen and oxygen atoms in total. The maximum atomic E-state index is 5.23. The highest BCUT2D eigenvalue weighted by molar-refractivity contribution is 8.21. The van der Waals surface area contributed by atoms with Crippen LogP contribution in [-0.2, 0) is 13.0 Å². The van der Waals surface area contributed by atoms with Gasteiger partial charge in [0.05, 0.1) is 17.5 Å². The molecule has 1 saturated heterocycles. The quantitative estimate of drug-likeness (QED) is 0.762. The van der Waals surface area contributed by atoms with E-state index in [1.807, 2.05) is 12.5 Å². The van der Waals surface area contributed by atoms with Gasteiger partial charge in [0.15, 0.2) is 0 Å². The Balaban J connectivity index is 1.58. The highest BCUT2D eigenvalue weighted by atomic mass is 32.2. The fourth-order valence-electron chi connectivity index (χ4n) is 2.76. The first kappa shape index (κ1) is 15.8. The fraction of sp³-hybridized carbons (Fsp3) is 0.471. The maximum absolute atomic E-state index is 5.23. The number of imidazole rings is 1. The Hall–Kier alpha value is -1.07. The summed E-state index contributed by atoms with van der Waals surface area (Å²) in [5.74, 6) is 3.48. The van der Waals surface area contributed by atoms with E-state index >= 15 is 0 Å². The van der Waals surface area contributed by atoms with Gasteiger partial charge in [0.25, 0.3) is 0 Å². The molecule has 0 amide bonds. The van der Waals surface area contributed by atoms with Gasteiger partial charge >= 0.3 is 0 Å². The summed E-state index contributed by atoms with van der Waals surface area (Å²) in [6.45, 7) is 1.06. The van der Waals surface area contributed by atoms with E-state index in [1.54, 1.807) is 7.11 Å². The van der Waals surface area contributed by atoms with Crippen molar-refractivity contribution in [1.29, 1.82) is 0 Å². The Morgan fingerprint density at radius 3 is 2.59 bits per heavy atom. The highest BCUT2D eigenvalue weighted by Gasteiger charge is 2.34. The van der Waals surface area contributed by atoms with Crippen LogP contribution < -0.4 is 4.74 Å². The predicted octanol–water partition coefficient (Wildman–Crippen LogP) is 4.09. The molecule has 0 atom stereocenters. The van der Waals surface area contributed by atoms with E-state index in [0.717, 1.165) is 18.7 Å². The van der Waals surface area contributed by atoms with E-state index in [2.05, 4.69) is 63.5 Å². The number of aromatic nitrogens is 2. The number of nitrogens with zero attached hydrogens (tertiary/aromatic N) is 2. The maximum Gasteiger partial charge on any atom is 0.118 e. The number of thioether (sulfide) groups is 2. The van der Waals surface area contributed by atoms with E-state index in [0.29, 0.717) is 4.08 Å². The number of ether oxygens (including phenoxy) is 1. The zero-order valence-electron chi connectivity index (χ0n) is 12.9. The van der Waals surface area contributed by atoms with Crippen molar-refractivity contribution in [2.75, 3.05) is 18.6 Å². The van der Waals surface area contributed by atoms with Crippen LogP contribution in [0.3, 0.4) is 0 Å². The minimum Gasteiger partial charge on any atom is -0.497 e. The van der Waals surface area contributed by atoms with Gasteiger partial charge in [-0.1, -0.05) is 12.1 Å². The molecule has 1 aromatic heterocycles. The fourth-order valence-corrected chi connectivity index (χ4v) is 5.96. The average molecular weight is 335 g/mol. The van der Waals surface area contributed by atoms with E-state index in [-0.39, 0.29) is 0 Å². The van der Waals surface area contributed by atoms with Crippen LogP contribution in [0.25, 0.3) is 0 Å². The molecule has 2 heterocycles. The van der Waals surface area contributed by atoms with Gasteiger partial charge in [-0.25, -0.2) is 4.98 Å². The highest BCUT2D eigenvalue weighted by Crippen LogP contribution is 2.49. The molecule has 0 bridgehead atoms. The third kappa shape index (κ3) is 4.02. The largest absolute Gasteiger partial charge is 0.497 e. The summed E-state index contributed by atoms with van der Waals surface area (Å²) in [6.07, 6.45) is 9.40. The van der Waals surface area contributed by atoms with Gasteiger partial charge in [-0.15, -0.1) is 23.5 Å². The Bertz CT molecular complexity index is 563. The number of hydrogen-bond acceptors (Lipinski definition) is 4. The van der Waals surface area contributed by atoms with Crippen LogP contribution in [0.4, 0.5) is 0 Å². The predicted molar refractivity (Wildman–Crippen MR) is 95.8 cm³/mol. The molecule has 1 aromatic carbocycles. The lowest BCUT2D eigenvalue weighted by Gasteiger charge is -2.27. The van der Waals surface area contributed by atoms with Gasteiger partial charge in [0, 0.05) is 30.4 Å². The smallest absolute Gasteiger partial charge is 0.118 e. The lowest BCUT2D eigenvalue weighted by molar-refractivity contribution is 0.414. The first-order valence-corrected chi connectivity index (χ1v) is 9.63. The molecule has 1 aliphatic rings. The summed E-state index contributed by atoms with van der Waals surface area (Å²) in [7, 11) is 1.71. The molecule has 3 rings (SSSR count). The van der Waals surface area contributed by atoms with E-state index in [1.165, 1.54) is 29.9 Å². The second-order valence-electron chi connectivity index (χ2n) is 5.51. The third-order valence-electron chi connectivity index (χ3n) is 4.08. The first-order valence-electron chi connectivity index (χ1n) is 7.66. The Labute approximate surface area is 140 Å². The zero-order valence-corrected chi connectivity index (χ0v) is 14.5. The molecule has 0 aliphatic carbocycles. The number of benzene rings is 1. The van der Waals surface area contributed by atoms with Crippen molar-refractivity contribution in [2.45, 2.75) is 29.9 Å². The second kappa shape index (κ2) is 7.47. The summed E-state index contributed by atoms with van der Waals surface area (Å²) in [6, 6.07) is 8.49. The van der Waals surface area contributed by atoms with Crippen LogP contribution in [0.15, 0.2) is 43.0 Å². The van der Waals surface area contributed by atoms with Crippen LogP contribution in [0.1, 0.15) is 18.4 Å². The summed E-state index contributed by atoms with van der Waals surface area (Å²) in [5.41, 5.74) is 1.40. The normalized spacial score (nSPS) is 16.8. The van der Waals surface area contributed by atoms with Crippen molar-refractivity contribution < 1.29 is 4.74 Å². The molecule has 5 heteroatoms. The van der Waals surface area contributed by atoms with Gasteiger partial charge in [-0.3, -0.25) is 0 Å². The van der Waals surface area contributed by atoms with Crippen LogP contribution in [0.2, 0.25) is 0 Å². The molecule has 0 saturated carbocycles. The van der Waals surface area contributed by atoms with Gasteiger partial charge in [-0.05, 0) is 37.0 Å². The van der Waals surface area contributed by atoms with Crippen molar-refractivity contribution in [2.24, 2.45) is 0 Å². The van der Waals surface area contributed by atoms with E-state index in [9.17, 15) is 0 Å². The standard InChI is InChI=1S/C17H22N2OS2/c1-20-16-4-2-15(3-5-16)6-7-17(21-12-13-22-17)8-10-19-11-9-18-14-19/h2-5,9,11,14H,6-8,10,12-13H2,1H3. The molecule has 118 valence electrons. The molecule has 0 radical (unpaired) electrons. The van der Waals surface area contributed by atoms with Crippen molar-refractivity contribution >= 4 is 23.5 Å². The molecule has 1 fully saturated rings. The number of hydrogen-bond donors (Lipinski definition) is 0. The van der Waals surface area contributed by atoms with Gasteiger partial charge < -0.3 is 9.30 Å². The SMILES string of the molecule is COc1ccc(CCC2(CCn3ccnc3)SCCS2)cc1. The minimum atomic E-state index is 0.365. The Kier molecular flexibility index (Phi) is 5.37. The van der Waals surface area contributed by atoms with Gasteiger partial charge in [-0.2, -0.15) is 0 Å². The van der Waals surface area contributed by atoms with Crippen LogP contribution >= 0.6 is 23.5 Å². The van der Waals surface area contributed by atoms with E-state index < -0.39 is 0 Å². The van der Waals surface area contributed by atoms with E-state index in [4.69, 9.17) is 4.74 Å². The summed E-state index contributed by atoms with van der Waals surface area (Å²) in [5, 5.41) is 0. The van der Waals surface area contributed by atoms with Crippen molar-refractivity contribution in [3.8, 4) is 5.75 Å². The minimum absolute atomic E-state index is 0.365. The molecular formula is C17H22N2OS2. The lowest BCUT2D eigenvalue weighted by atomic mass is 10.1. The monoisotopic (exact) mass is 334 g/mol. The molecule has 0 N–H and O–H groups in total. The lowest BCUT2D eigenvalue weighted by Crippen LogP contribution is -2.20. The summed E-state index contributed by atoms with van der Waals surface area (Å²) >= 11 is 4.29. The molecule has 2 aromatic rings. The van der Waals surface area contributed by atoms with Crippen molar-refractivity contribution in [3.63, 3.8) is 0 Å². The zero-order chi connectivity index (χ0) is 15.3. The van der Waals surface area contributed by atoms with Gasteiger partial charge in [0.1, 0.15) is 5.75 Å². The number of aryl methyl sites for hydroxylation is 2. The van der Waals surface area contributed by atoms with Crippen LogP contribution in [-0.4, -0.2) is 32.2 Å². The number of methoxy groups -OCH3 is 1. The van der Waals surface area contributed by atoms with Crippen LogP contribution in [0.5, 0.6) is 5.75 Å². The molecule has 1 aliphatic heterocycles. The molecule has 22 heavy (non-hydrogen) atoms. The Morgan fingerprint density at radius 2 is 1.95 bits per heavy atom. The van der Waals surface area contributed by atoms with Crippen molar-refractivity contribution in [1.82, 2.24) is 9.55 Å². The second-order valence-corrected chi connectivity index (χ2v) is 8.72. The average Bonchev–Trinajstić information content (AvgIpc) is 3.24. The van der Waals surface area contributed by atoms with Gasteiger partial charge in [0.2, 0.25) is 0 Å². The number of rotatable bonds is 7. The molecule has 0 spiro atoms.